The fourth-order valence-electron chi connectivity index (χ4n) is 3.04. The van der Waals surface area contributed by atoms with Crippen LogP contribution in [-0.4, -0.2) is 35.2 Å². The maximum Gasteiger partial charge on any atom is 0.247 e. The van der Waals surface area contributed by atoms with Gasteiger partial charge in [-0.3, -0.25) is 4.79 Å². The summed E-state index contributed by atoms with van der Waals surface area (Å²) in [6, 6.07) is 17.7. The van der Waals surface area contributed by atoms with Crippen molar-refractivity contribution in [3.05, 3.63) is 66.9 Å². The SMILES string of the molecule is CC(=O)Nc1ccc(Nc2nc3c(-c4ccc(S(C)(=O)=O)cc4)cccn3n2)cc1. The van der Waals surface area contributed by atoms with Crippen molar-refractivity contribution in [2.75, 3.05) is 16.9 Å². The van der Waals surface area contributed by atoms with E-state index in [1.165, 1.54) is 13.2 Å². The van der Waals surface area contributed by atoms with Crippen LogP contribution in [-0.2, 0) is 14.6 Å². The van der Waals surface area contributed by atoms with Gasteiger partial charge >= 0.3 is 0 Å². The molecule has 0 atom stereocenters. The second-order valence-corrected chi connectivity index (χ2v) is 8.82. The zero-order valence-corrected chi connectivity index (χ0v) is 17.1. The molecule has 0 unspecified atom stereocenters. The van der Waals surface area contributed by atoms with Gasteiger partial charge in [-0.25, -0.2) is 12.9 Å². The molecule has 4 rings (SSSR count). The molecule has 0 saturated heterocycles. The minimum absolute atomic E-state index is 0.130. The summed E-state index contributed by atoms with van der Waals surface area (Å²) in [7, 11) is -3.25. The number of hydrogen-bond acceptors (Lipinski definition) is 6. The summed E-state index contributed by atoms with van der Waals surface area (Å²) in [6.45, 7) is 1.46. The molecule has 0 spiro atoms. The smallest absolute Gasteiger partial charge is 0.247 e. The van der Waals surface area contributed by atoms with Crippen LogP contribution in [0.3, 0.4) is 0 Å². The fourth-order valence-corrected chi connectivity index (χ4v) is 3.67. The van der Waals surface area contributed by atoms with Crippen LogP contribution in [0.1, 0.15) is 6.92 Å². The zero-order chi connectivity index (χ0) is 21.3. The molecule has 8 nitrogen and oxygen atoms in total. The number of nitrogens with zero attached hydrogens (tertiary/aromatic N) is 3. The summed E-state index contributed by atoms with van der Waals surface area (Å²) in [5.74, 6) is 0.289. The molecule has 152 valence electrons. The molecule has 30 heavy (non-hydrogen) atoms. The number of pyridine rings is 1. The van der Waals surface area contributed by atoms with Gasteiger partial charge in [-0.1, -0.05) is 12.1 Å². The highest BCUT2D eigenvalue weighted by Gasteiger charge is 2.12. The van der Waals surface area contributed by atoms with Crippen LogP contribution in [0.25, 0.3) is 16.8 Å². The first-order chi connectivity index (χ1) is 14.3. The average molecular weight is 421 g/mol. The molecule has 2 aromatic carbocycles. The van der Waals surface area contributed by atoms with E-state index in [1.807, 2.05) is 24.3 Å². The Hall–Kier alpha value is -3.72. The summed E-state index contributed by atoms with van der Waals surface area (Å²) in [6.07, 6.45) is 2.98. The molecular formula is C21H19N5O3S. The number of amides is 1. The first-order valence-corrected chi connectivity index (χ1v) is 11.0. The Morgan fingerprint density at radius 2 is 1.63 bits per heavy atom. The minimum atomic E-state index is -3.25. The molecule has 1 amide bonds. The number of anilines is 3. The number of hydrogen-bond donors (Lipinski definition) is 2. The van der Waals surface area contributed by atoms with Gasteiger partial charge in [0.15, 0.2) is 15.5 Å². The molecule has 0 aliphatic heterocycles. The Balaban J connectivity index is 1.63. The number of carbonyl (C=O) groups is 1. The molecule has 0 bridgehead atoms. The van der Waals surface area contributed by atoms with Crippen LogP contribution in [0.4, 0.5) is 17.3 Å². The minimum Gasteiger partial charge on any atom is -0.326 e. The lowest BCUT2D eigenvalue weighted by atomic mass is 10.1. The Morgan fingerprint density at radius 3 is 2.27 bits per heavy atom. The van der Waals surface area contributed by atoms with E-state index in [0.29, 0.717) is 17.3 Å². The van der Waals surface area contributed by atoms with Gasteiger partial charge in [0.25, 0.3) is 0 Å². The lowest BCUT2D eigenvalue weighted by Crippen LogP contribution is -2.05. The van der Waals surface area contributed by atoms with Gasteiger partial charge in [0.1, 0.15) is 0 Å². The fraction of sp³-hybridized carbons (Fsp3) is 0.0952. The van der Waals surface area contributed by atoms with Crippen molar-refractivity contribution < 1.29 is 13.2 Å². The summed E-state index contributed by atoms with van der Waals surface area (Å²) >= 11 is 0. The van der Waals surface area contributed by atoms with Crippen LogP contribution in [0.2, 0.25) is 0 Å². The van der Waals surface area contributed by atoms with Gasteiger partial charge in [0, 0.05) is 36.3 Å². The standard InChI is InChI=1S/C21H19N5O3S/c1-14(27)22-16-7-9-17(10-8-16)23-21-24-20-19(4-3-13-26(20)25-21)15-5-11-18(12-6-15)30(2,28)29/h3-13H,1-2H3,(H,22,27)(H,23,25). The Labute approximate surface area is 173 Å². The number of fused-ring (bicyclic) bond motifs is 1. The lowest BCUT2D eigenvalue weighted by molar-refractivity contribution is -0.114. The van der Waals surface area contributed by atoms with E-state index < -0.39 is 9.84 Å². The maximum atomic E-state index is 11.7. The predicted molar refractivity (Wildman–Crippen MR) is 116 cm³/mol. The second-order valence-electron chi connectivity index (χ2n) is 6.81. The van der Waals surface area contributed by atoms with E-state index in [0.717, 1.165) is 16.8 Å². The van der Waals surface area contributed by atoms with Crippen LogP contribution >= 0.6 is 0 Å². The van der Waals surface area contributed by atoms with Crippen molar-refractivity contribution >= 4 is 38.7 Å². The highest BCUT2D eigenvalue weighted by atomic mass is 32.2. The van der Waals surface area contributed by atoms with Crippen molar-refractivity contribution in [2.24, 2.45) is 0 Å². The highest BCUT2D eigenvalue weighted by Crippen LogP contribution is 2.26. The Kier molecular flexibility index (Phi) is 4.96. The third-order valence-corrected chi connectivity index (χ3v) is 5.55. The number of sulfone groups is 1. The maximum absolute atomic E-state index is 11.7. The van der Waals surface area contributed by atoms with Crippen molar-refractivity contribution in [1.29, 1.82) is 0 Å². The topological polar surface area (TPSA) is 105 Å². The van der Waals surface area contributed by atoms with Crippen molar-refractivity contribution in [1.82, 2.24) is 14.6 Å². The van der Waals surface area contributed by atoms with Crippen LogP contribution in [0.5, 0.6) is 0 Å². The van der Waals surface area contributed by atoms with Gasteiger partial charge in [0.05, 0.1) is 4.90 Å². The van der Waals surface area contributed by atoms with E-state index in [9.17, 15) is 13.2 Å². The molecular weight excluding hydrogens is 402 g/mol. The van der Waals surface area contributed by atoms with E-state index >= 15 is 0 Å². The second kappa shape index (κ2) is 7.60. The van der Waals surface area contributed by atoms with Gasteiger partial charge in [-0.05, 0) is 54.1 Å². The third-order valence-electron chi connectivity index (χ3n) is 4.42. The molecule has 0 saturated carbocycles. The first-order valence-electron chi connectivity index (χ1n) is 9.10. The Morgan fingerprint density at radius 1 is 0.967 bits per heavy atom. The Bertz CT molecular complexity index is 1330. The summed E-state index contributed by atoms with van der Waals surface area (Å²) < 4.78 is 25.0. The van der Waals surface area contributed by atoms with Gasteiger partial charge < -0.3 is 10.6 Å². The number of benzene rings is 2. The van der Waals surface area contributed by atoms with E-state index in [1.54, 1.807) is 47.1 Å². The van der Waals surface area contributed by atoms with Crippen molar-refractivity contribution in [3.8, 4) is 11.1 Å². The summed E-state index contributed by atoms with van der Waals surface area (Å²) in [4.78, 5) is 16.0. The van der Waals surface area contributed by atoms with Crippen molar-refractivity contribution in [3.63, 3.8) is 0 Å². The van der Waals surface area contributed by atoms with Crippen molar-refractivity contribution in [2.45, 2.75) is 11.8 Å². The first kappa shape index (κ1) is 19.6. The van der Waals surface area contributed by atoms with Crippen LogP contribution < -0.4 is 10.6 Å². The largest absolute Gasteiger partial charge is 0.326 e. The lowest BCUT2D eigenvalue weighted by Gasteiger charge is -2.04. The number of aromatic nitrogens is 3. The monoisotopic (exact) mass is 421 g/mol. The summed E-state index contributed by atoms with van der Waals surface area (Å²) in [5.41, 5.74) is 3.79. The van der Waals surface area contributed by atoms with E-state index in [-0.39, 0.29) is 10.8 Å². The molecule has 2 aromatic heterocycles. The van der Waals surface area contributed by atoms with E-state index in [2.05, 4.69) is 20.7 Å². The molecule has 0 aliphatic rings. The quantitative estimate of drug-likeness (QED) is 0.511. The molecule has 0 radical (unpaired) electrons. The van der Waals surface area contributed by atoms with Crippen LogP contribution in [0.15, 0.2) is 71.8 Å². The molecule has 2 N–H and O–H groups in total. The third kappa shape index (κ3) is 4.15. The highest BCUT2D eigenvalue weighted by molar-refractivity contribution is 7.90. The summed E-state index contributed by atoms with van der Waals surface area (Å²) in [5, 5.41) is 10.3. The van der Waals surface area contributed by atoms with Crippen LogP contribution in [0, 0.1) is 0 Å². The predicted octanol–water partition coefficient (Wildman–Crippen LogP) is 3.50. The molecule has 4 aromatic rings. The van der Waals surface area contributed by atoms with E-state index in [4.69, 9.17) is 0 Å². The molecule has 0 fully saturated rings. The average Bonchev–Trinajstić information content (AvgIpc) is 3.11. The molecule has 9 heteroatoms. The zero-order valence-electron chi connectivity index (χ0n) is 16.3. The normalized spacial score (nSPS) is 11.4. The number of carbonyl (C=O) groups excluding carboxylic acids is 1. The van der Waals surface area contributed by atoms with Gasteiger partial charge in [0.2, 0.25) is 11.9 Å². The molecule has 0 aliphatic carbocycles. The number of rotatable bonds is 5. The number of nitrogens with one attached hydrogen (secondary N) is 2. The molecule has 2 heterocycles. The van der Waals surface area contributed by atoms with Gasteiger partial charge in [-0.2, -0.15) is 4.98 Å². The van der Waals surface area contributed by atoms with Gasteiger partial charge in [-0.15, -0.1) is 5.10 Å².